The molecule has 2 heterocycles. The highest BCUT2D eigenvalue weighted by molar-refractivity contribution is 7.11. The maximum absolute atomic E-state index is 13.6. The van der Waals surface area contributed by atoms with E-state index in [0.717, 1.165) is 56.8 Å². The number of ketones is 1. The van der Waals surface area contributed by atoms with Gasteiger partial charge in [-0.3, -0.25) is 4.79 Å². The van der Waals surface area contributed by atoms with Crippen LogP contribution in [0.15, 0.2) is 71.9 Å². The van der Waals surface area contributed by atoms with Crippen molar-refractivity contribution in [2.24, 2.45) is 5.41 Å². The van der Waals surface area contributed by atoms with Crippen LogP contribution in [0.5, 0.6) is 5.75 Å². The van der Waals surface area contributed by atoms with Gasteiger partial charge in [-0.25, -0.2) is 4.79 Å². The first-order valence-corrected chi connectivity index (χ1v) is 13.4. The fourth-order valence-corrected chi connectivity index (χ4v) is 6.39. The number of allylic oxidation sites excluding steroid dienone is 2. The molecule has 0 fully saturated rings. The summed E-state index contributed by atoms with van der Waals surface area (Å²) >= 11 is 12.9. The number of fused-ring (bicyclic) bond motifs is 3. The van der Waals surface area contributed by atoms with E-state index in [0.29, 0.717) is 12.2 Å². The predicted octanol–water partition coefficient (Wildman–Crippen LogP) is 8.02. The average molecular weight is 549 g/mol. The van der Waals surface area contributed by atoms with E-state index in [1.165, 1.54) is 0 Å². The van der Waals surface area contributed by atoms with Crippen molar-refractivity contribution < 1.29 is 14.3 Å². The van der Waals surface area contributed by atoms with Crippen molar-refractivity contribution >= 4 is 62.9 Å². The third-order valence-corrected chi connectivity index (χ3v) is 8.58. The van der Waals surface area contributed by atoms with Gasteiger partial charge in [-0.1, -0.05) is 79.5 Å². The van der Waals surface area contributed by atoms with Crippen LogP contribution in [-0.2, 0) is 4.79 Å². The Balaban J connectivity index is 1.43. The number of hydrogen-bond donors (Lipinski definition) is 1. The molecule has 1 N–H and O–H groups in total. The number of hydrogen-bond acceptors (Lipinski definition) is 6. The number of nitrogens with one attached hydrogen (secondary N) is 1. The number of carbonyl (C=O) groups excluding carboxylic acids is 2. The van der Waals surface area contributed by atoms with E-state index in [4.69, 9.17) is 27.9 Å². The van der Waals surface area contributed by atoms with Gasteiger partial charge in [0.25, 0.3) is 0 Å². The standard InChI is InChI=1S/C29H22Cl2N2O3S/c1-29(2)13-20-24(21(34)14-29)22(23-18-6-4-3-5-15(18)9-12-19(23)32-20)16-7-10-17(11-8-16)36-28(35)26-25(30)27(31)37-33-26/h3-12,22,32H,13-14H2,1-2H3. The van der Waals surface area contributed by atoms with Crippen molar-refractivity contribution in [3.05, 3.63) is 98.1 Å². The topological polar surface area (TPSA) is 68.3 Å². The monoisotopic (exact) mass is 548 g/mol. The highest BCUT2D eigenvalue weighted by Crippen LogP contribution is 2.51. The van der Waals surface area contributed by atoms with Crippen molar-refractivity contribution in [2.75, 3.05) is 5.32 Å². The van der Waals surface area contributed by atoms with Gasteiger partial charge in [0.2, 0.25) is 0 Å². The number of nitrogens with zero attached hydrogens (tertiary/aromatic N) is 1. The Hall–Kier alpha value is -3.19. The number of halogens is 2. The quantitative estimate of drug-likeness (QED) is 0.207. The number of anilines is 1. The van der Waals surface area contributed by atoms with Gasteiger partial charge in [0.05, 0.1) is 0 Å². The molecular weight excluding hydrogens is 527 g/mol. The molecular formula is C29H22Cl2N2O3S. The lowest BCUT2D eigenvalue weighted by Crippen LogP contribution is -2.33. The summed E-state index contributed by atoms with van der Waals surface area (Å²) in [7, 11) is 0. The summed E-state index contributed by atoms with van der Waals surface area (Å²) in [6.07, 6.45) is 1.29. The summed E-state index contributed by atoms with van der Waals surface area (Å²) in [6.45, 7) is 4.26. The van der Waals surface area contributed by atoms with Crippen LogP contribution in [0.3, 0.4) is 0 Å². The van der Waals surface area contributed by atoms with Crippen molar-refractivity contribution in [1.82, 2.24) is 4.37 Å². The Morgan fingerprint density at radius 2 is 1.81 bits per heavy atom. The van der Waals surface area contributed by atoms with Crippen LogP contribution < -0.4 is 10.1 Å². The van der Waals surface area contributed by atoms with Crippen LogP contribution in [0.25, 0.3) is 10.8 Å². The van der Waals surface area contributed by atoms with Gasteiger partial charge in [0, 0.05) is 29.3 Å². The lowest BCUT2D eigenvalue weighted by Gasteiger charge is -2.40. The second-order valence-electron chi connectivity index (χ2n) is 10.2. The molecule has 1 atom stereocenters. The third-order valence-electron chi connectivity index (χ3n) is 6.97. The second kappa shape index (κ2) is 8.98. The van der Waals surface area contributed by atoms with Gasteiger partial charge in [-0.15, -0.1) is 0 Å². The average Bonchev–Trinajstić information content (AvgIpc) is 3.20. The molecule has 5 nitrogen and oxygen atoms in total. The number of esters is 1. The van der Waals surface area contributed by atoms with E-state index < -0.39 is 5.97 Å². The highest BCUT2D eigenvalue weighted by atomic mass is 35.5. The molecule has 1 aliphatic carbocycles. The fraction of sp³-hybridized carbons (Fsp3) is 0.207. The zero-order valence-corrected chi connectivity index (χ0v) is 22.4. The molecule has 1 unspecified atom stereocenters. The summed E-state index contributed by atoms with van der Waals surface area (Å²) in [6, 6.07) is 19.7. The van der Waals surface area contributed by atoms with Crippen LogP contribution in [0.2, 0.25) is 9.36 Å². The van der Waals surface area contributed by atoms with Crippen LogP contribution in [0.1, 0.15) is 54.2 Å². The Bertz CT molecular complexity index is 1620. The molecule has 4 aromatic rings. The molecule has 37 heavy (non-hydrogen) atoms. The molecule has 0 saturated carbocycles. The van der Waals surface area contributed by atoms with Gasteiger partial charge in [0.1, 0.15) is 15.1 Å². The van der Waals surface area contributed by atoms with E-state index in [9.17, 15) is 9.59 Å². The molecule has 0 radical (unpaired) electrons. The first-order valence-electron chi connectivity index (χ1n) is 11.9. The number of ether oxygens (including phenoxy) is 1. The van der Waals surface area contributed by atoms with Gasteiger partial charge < -0.3 is 10.1 Å². The zero-order chi connectivity index (χ0) is 25.9. The van der Waals surface area contributed by atoms with Crippen molar-refractivity contribution in [2.45, 2.75) is 32.6 Å². The Morgan fingerprint density at radius 3 is 2.54 bits per heavy atom. The van der Waals surface area contributed by atoms with Crippen molar-refractivity contribution in [3.8, 4) is 5.75 Å². The van der Waals surface area contributed by atoms with Crippen LogP contribution in [0, 0.1) is 5.41 Å². The van der Waals surface area contributed by atoms with E-state index in [1.807, 2.05) is 24.3 Å². The molecule has 0 bridgehead atoms. The number of rotatable bonds is 3. The molecule has 0 spiro atoms. The molecule has 0 amide bonds. The minimum absolute atomic E-state index is 0.00953. The molecule has 2 aliphatic rings. The molecule has 186 valence electrons. The molecule has 3 aromatic carbocycles. The van der Waals surface area contributed by atoms with Crippen LogP contribution in [-0.4, -0.2) is 16.1 Å². The summed E-state index contributed by atoms with van der Waals surface area (Å²) in [5.74, 6) is -0.398. The summed E-state index contributed by atoms with van der Waals surface area (Å²) < 4.78 is 9.72. The number of carbonyl (C=O) groups is 2. The lowest BCUT2D eigenvalue weighted by molar-refractivity contribution is -0.118. The minimum atomic E-state index is -0.672. The van der Waals surface area contributed by atoms with Crippen molar-refractivity contribution in [3.63, 3.8) is 0 Å². The molecule has 1 aliphatic heterocycles. The first-order chi connectivity index (χ1) is 17.7. The number of aromatic nitrogens is 1. The fourth-order valence-electron chi connectivity index (χ4n) is 5.41. The Labute approximate surface area is 228 Å². The van der Waals surface area contributed by atoms with E-state index in [1.54, 1.807) is 12.1 Å². The Kier molecular flexibility index (Phi) is 5.86. The van der Waals surface area contributed by atoms with E-state index in [-0.39, 0.29) is 32.2 Å². The van der Waals surface area contributed by atoms with Gasteiger partial charge in [-0.05, 0) is 63.5 Å². The lowest BCUT2D eigenvalue weighted by atomic mass is 9.68. The minimum Gasteiger partial charge on any atom is -0.422 e. The maximum atomic E-state index is 13.6. The van der Waals surface area contributed by atoms with Crippen LogP contribution in [0.4, 0.5) is 5.69 Å². The molecule has 6 rings (SSSR count). The summed E-state index contributed by atoms with van der Waals surface area (Å²) in [5, 5.41) is 5.91. The maximum Gasteiger partial charge on any atom is 0.365 e. The normalized spacial score (nSPS) is 18.3. The van der Waals surface area contributed by atoms with Gasteiger partial charge in [0.15, 0.2) is 11.5 Å². The molecule has 8 heteroatoms. The second-order valence-corrected chi connectivity index (χ2v) is 12.0. The smallest absolute Gasteiger partial charge is 0.365 e. The van der Waals surface area contributed by atoms with Crippen LogP contribution >= 0.6 is 34.7 Å². The first kappa shape index (κ1) is 24.2. The van der Waals surface area contributed by atoms with Crippen molar-refractivity contribution in [1.29, 1.82) is 0 Å². The molecule has 0 saturated heterocycles. The largest absolute Gasteiger partial charge is 0.422 e. The molecule has 1 aromatic heterocycles. The SMILES string of the molecule is CC1(C)CC(=O)C2=C(C1)Nc1ccc3ccccc3c1C2c1ccc(OC(=O)c2nsc(Cl)c2Cl)cc1. The third kappa shape index (κ3) is 4.23. The predicted molar refractivity (Wildman–Crippen MR) is 148 cm³/mol. The number of benzene rings is 3. The highest BCUT2D eigenvalue weighted by Gasteiger charge is 2.41. The summed E-state index contributed by atoms with van der Waals surface area (Å²) in [4.78, 5) is 26.1. The van der Waals surface area contributed by atoms with E-state index >= 15 is 0 Å². The summed E-state index contributed by atoms with van der Waals surface area (Å²) in [5.41, 5.74) is 4.73. The van der Waals surface area contributed by atoms with Gasteiger partial charge in [-0.2, -0.15) is 4.37 Å². The van der Waals surface area contributed by atoms with Gasteiger partial charge >= 0.3 is 5.97 Å². The number of Topliss-reactive ketones (excluding diaryl/α,β-unsaturated/α-hetero) is 1. The Morgan fingerprint density at radius 1 is 1.05 bits per heavy atom. The zero-order valence-electron chi connectivity index (χ0n) is 20.1. The van der Waals surface area contributed by atoms with E-state index in [2.05, 4.69) is 47.8 Å².